The second-order valence-electron chi connectivity index (χ2n) is 3.81. The lowest BCUT2D eigenvalue weighted by molar-refractivity contribution is 0.0733. The average molecular weight is 420 g/mol. The highest BCUT2D eigenvalue weighted by Gasteiger charge is 2.13. The summed E-state index contributed by atoms with van der Waals surface area (Å²) in [7, 11) is 1.56. The summed E-state index contributed by atoms with van der Waals surface area (Å²) in [6.45, 7) is 0. The molecule has 0 aliphatic heterocycles. The van der Waals surface area contributed by atoms with Crippen LogP contribution in [0.5, 0.6) is 11.5 Å². The van der Waals surface area contributed by atoms with Crippen molar-refractivity contribution < 1.29 is 14.3 Å². The molecular weight excluding hydrogens is 411 g/mol. The van der Waals surface area contributed by atoms with E-state index < -0.39 is 5.97 Å². The Kier molecular flexibility index (Phi) is 5.07. The van der Waals surface area contributed by atoms with Gasteiger partial charge in [-0.25, -0.2) is 4.79 Å². The largest absolute Gasteiger partial charge is 0.496 e. The van der Waals surface area contributed by atoms with E-state index in [2.05, 4.69) is 31.9 Å². The van der Waals surface area contributed by atoms with Gasteiger partial charge in [0.2, 0.25) is 0 Å². The van der Waals surface area contributed by atoms with E-state index in [-0.39, 0.29) is 0 Å². The molecule has 0 aromatic heterocycles. The molecule has 0 N–H and O–H groups in total. The molecule has 2 rings (SSSR count). The number of carbonyl (C=O) groups is 1. The number of benzene rings is 2. The van der Waals surface area contributed by atoms with E-state index >= 15 is 0 Å². The van der Waals surface area contributed by atoms with Gasteiger partial charge in [-0.3, -0.25) is 0 Å². The highest BCUT2D eigenvalue weighted by Crippen LogP contribution is 2.30. The Balaban J connectivity index is 2.21. The lowest BCUT2D eigenvalue weighted by atomic mass is 10.2. The number of hydrogen-bond donors (Lipinski definition) is 0. The third-order valence-corrected chi connectivity index (χ3v) is 3.96. The summed E-state index contributed by atoms with van der Waals surface area (Å²) in [5, 5.41) is 0.559. The van der Waals surface area contributed by atoms with Crippen LogP contribution in [-0.4, -0.2) is 13.1 Å². The van der Waals surface area contributed by atoms with Gasteiger partial charge < -0.3 is 9.47 Å². The van der Waals surface area contributed by atoms with Crippen molar-refractivity contribution in [3.05, 3.63) is 55.9 Å². The maximum atomic E-state index is 12.1. The van der Waals surface area contributed by atoms with Crippen molar-refractivity contribution in [2.45, 2.75) is 0 Å². The standard InChI is InChI=1S/C14H9Br2ClO3/c1-19-12-4-2-8(6-10(12)15)14(18)20-13-5-3-9(17)7-11(13)16/h2-7H,1H3. The Morgan fingerprint density at radius 2 is 1.70 bits per heavy atom. The molecule has 0 atom stereocenters. The molecule has 0 saturated carbocycles. The minimum Gasteiger partial charge on any atom is -0.496 e. The molecule has 0 aliphatic carbocycles. The van der Waals surface area contributed by atoms with Gasteiger partial charge in [-0.05, 0) is 68.3 Å². The van der Waals surface area contributed by atoms with E-state index in [1.807, 2.05) is 0 Å². The second-order valence-corrected chi connectivity index (χ2v) is 5.96. The maximum Gasteiger partial charge on any atom is 0.343 e. The molecule has 2 aromatic carbocycles. The van der Waals surface area contributed by atoms with Crippen molar-refractivity contribution in [3.8, 4) is 11.5 Å². The van der Waals surface area contributed by atoms with Gasteiger partial charge in [-0.2, -0.15) is 0 Å². The van der Waals surface area contributed by atoms with E-state index in [1.165, 1.54) is 0 Å². The predicted octanol–water partition coefficient (Wildman–Crippen LogP) is 5.09. The first kappa shape index (κ1) is 15.4. The zero-order valence-corrected chi connectivity index (χ0v) is 14.3. The van der Waals surface area contributed by atoms with Crippen LogP contribution in [-0.2, 0) is 0 Å². The summed E-state index contributed by atoms with van der Waals surface area (Å²) in [6, 6.07) is 9.91. The van der Waals surface area contributed by atoms with E-state index in [0.717, 1.165) is 0 Å². The minimum absolute atomic E-state index is 0.409. The zero-order valence-electron chi connectivity index (χ0n) is 10.3. The van der Waals surface area contributed by atoms with Gasteiger partial charge in [0, 0.05) is 5.02 Å². The van der Waals surface area contributed by atoms with Crippen LogP contribution in [0.1, 0.15) is 10.4 Å². The predicted molar refractivity (Wildman–Crippen MR) is 84.8 cm³/mol. The molecule has 0 spiro atoms. The number of halogens is 3. The minimum atomic E-state index is -0.462. The Morgan fingerprint density at radius 1 is 1.05 bits per heavy atom. The quantitative estimate of drug-likeness (QED) is 0.512. The molecule has 0 bridgehead atoms. The van der Waals surface area contributed by atoms with Crippen molar-refractivity contribution >= 4 is 49.4 Å². The summed E-state index contributed by atoms with van der Waals surface area (Å²) in [6.07, 6.45) is 0. The molecule has 3 nitrogen and oxygen atoms in total. The normalized spacial score (nSPS) is 10.2. The van der Waals surface area contributed by atoms with E-state index in [1.54, 1.807) is 43.5 Å². The number of methoxy groups -OCH3 is 1. The number of ether oxygens (including phenoxy) is 2. The Bertz CT molecular complexity index is 659. The molecule has 0 unspecified atom stereocenters. The number of rotatable bonds is 3. The van der Waals surface area contributed by atoms with Crippen molar-refractivity contribution in [2.24, 2.45) is 0 Å². The van der Waals surface area contributed by atoms with Crippen LogP contribution in [0.25, 0.3) is 0 Å². The highest BCUT2D eigenvalue weighted by atomic mass is 79.9. The summed E-state index contributed by atoms with van der Waals surface area (Å²) < 4.78 is 11.7. The first-order chi connectivity index (χ1) is 9.51. The van der Waals surface area contributed by atoms with Gasteiger partial charge in [0.05, 0.1) is 21.6 Å². The molecule has 104 valence electrons. The van der Waals surface area contributed by atoms with Gasteiger partial charge in [-0.1, -0.05) is 11.6 Å². The van der Waals surface area contributed by atoms with Crippen LogP contribution in [0.3, 0.4) is 0 Å². The van der Waals surface area contributed by atoms with Gasteiger partial charge in [0.25, 0.3) is 0 Å². The molecule has 6 heteroatoms. The van der Waals surface area contributed by atoms with Crippen molar-refractivity contribution in [1.82, 2.24) is 0 Å². The average Bonchev–Trinajstić information content (AvgIpc) is 2.41. The van der Waals surface area contributed by atoms with Crippen LogP contribution < -0.4 is 9.47 Å². The first-order valence-electron chi connectivity index (χ1n) is 5.52. The van der Waals surface area contributed by atoms with Crippen LogP contribution in [0, 0.1) is 0 Å². The van der Waals surface area contributed by atoms with Crippen molar-refractivity contribution in [1.29, 1.82) is 0 Å². The molecule has 0 amide bonds. The van der Waals surface area contributed by atoms with Crippen LogP contribution in [0.15, 0.2) is 45.3 Å². The van der Waals surface area contributed by atoms with E-state index in [9.17, 15) is 4.79 Å². The van der Waals surface area contributed by atoms with Crippen molar-refractivity contribution in [3.63, 3.8) is 0 Å². The van der Waals surface area contributed by atoms with Gasteiger partial charge in [0.15, 0.2) is 0 Å². The third kappa shape index (κ3) is 3.53. The fourth-order valence-corrected chi connectivity index (χ4v) is 2.81. The highest BCUT2D eigenvalue weighted by molar-refractivity contribution is 9.10. The van der Waals surface area contributed by atoms with Gasteiger partial charge in [0.1, 0.15) is 11.5 Å². The van der Waals surface area contributed by atoms with Gasteiger partial charge in [-0.15, -0.1) is 0 Å². The molecule has 0 fully saturated rings. The monoisotopic (exact) mass is 418 g/mol. The Morgan fingerprint density at radius 3 is 2.30 bits per heavy atom. The lowest BCUT2D eigenvalue weighted by Gasteiger charge is -2.08. The summed E-state index contributed by atoms with van der Waals surface area (Å²) in [5.74, 6) is 0.594. The fourth-order valence-electron chi connectivity index (χ4n) is 1.51. The molecule has 0 heterocycles. The van der Waals surface area contributed by atoms with Crippen LogP contribution in [0.2, 0.25) is 5.02 Å². The van der Waals surface area contributed by atoms with E-state index in [4.69, 9.17) is 21.1 Å². The fraction of sp³-hybridized carbons (Fsp3) is 0.0714. The summed E-state index contributed by atoms with van der Waals surface area (Å²) in [4.78, 5) is 12.1. The third-order valence-electron chi connectivity index (χ3n) is 2.48. The molecule has 0 aliphatic rings. The number of esters is 1. The Hall–Kier alpha value is -1.04. The molecular formula is C14H9Br2ClO3. The van der Waals surface area contributed by atoms with Crippen molar-refractivity contribution in [2.75, 3.05) is 7.11 Å². The van der Waals surface area contributed by atoms with Crippen LogP contribution >= 0.6 is 43.5 Å². The van der Waals surface area contributed by atoms with Gasteiger partial charge >= 0.3 is 5.97 Å². The zero-order chi connectivity index (χ0) is 14.7. The SMILES string of the molecule is COc1ccc(C(=O)Oc2ccc(Cl)cc2Br)cc1Br. The topological polar surface area (TPSA) is 35.5 Å². The lowest BCUT2D eigenvalue weighted by Crippen LogP contribution is -2.09. The first-order valence-corrected chi connectivity index (χ1v) is 7.48. The summed E-state index contributed by atoms with van der Waals surface area (Å²) in [5.41, 5.74) is 0.416. The maximum absolute atomic E-state index is 12.1. The molecule has 0 radical (unpaired) electrons. The Labute approximate surface area is 138 Å². The summed E-state index contributed by atoms with van der Waals surface area (Å²) >= 11 is 12.5. The number of carbonyl (C=O) groups excluding carboxylic acids is 1. The second kappa shape index (κ2) is 6.61. The smallest absolute Gasteiger partial charge is 0.343 e. The van der Waals surface area contributed by atoms with E-state index in [0.29, 0.717) is 31.0 Å². The molecule has 2 aromatic rings. The number of hydrogen-bond acceptors (Lipinski definition) is 3. The molecule has 0 saturated heterocycles. The molecule has 20 heavy (non-hydrogen) atoms. The van der Waals surface area contributed by atoms with Crippen LogP contribution in [0.4, 0.5) is 0 Å².